The third-order valence-electron chi connectivity index (χ3n) is 3.31. The molecule has 0 aromatic heterocycles. The number of aliphatic hydroxyl groups is 1. The quantitative estimate of drug-likeness (QED) is 0.590. The molecular weight excluding hydrogens is 148 g/mol. The second-order valence-corrected chi connectivity index (χ2v) is 4.18. The van der Waals surface area contributed by atoms with E-state index in [1.807, 2.05) is 0 Å². The zero-order valence-corrected chi connectivity index (χ0v) is 7.68. The summed E-state index contributed by atoms with van der Waals surface area (Å²) >= 11 is 0. The van der Waals surface area contributed by atoms with Crippen LogP contribution in [0.3, 0.4) is 0 Å². The largest absolute Gasteiger partial charge is 0.512 e. The summed E-state index contributed by atoms with van der Waals surface area (Å²) in [7, 11) is 0. The van der Waals surface area contributed by atoms with E-state index in [0.717, 1.165) is 5.76 Å². The van der Waals surface area contributed by atoms with Crippen LogP contribution in [0.1, 0.15) is 51.4 Å². The zero-order chi connectivity index (χ0) is 8.39. The van der Waals surface area contributed by atoms with E-state index < -0.39 is 0 Å². The zero-order valence-electron chi connectivity index (χ0n) is 7.68. The number of aliphatic hydroxyl groups excluding tert-OH is 1. The molecule has 0 spiro atoms. The molecule has 1 heteroatoms. The van der Waals surface area contributed by atoms with Gasteiger partial charge in [0.1, 0.15) is 0 Å². The van der Waals surface area contributed by atoms with Crippen LogP contribution in [0.2, 0.25) is 0 Å². The highest BCUT2D eigenvalue weighted by molar-refractivity contribution is 5.16. The molecule has 0 bridgehead atoms. The molecule has 1 nitrogen and oxygen atoms in total. The minimum Gasteiger partial charge on any atom is -0.512 e. The van der Waals surface area contributed by atoms with E-state index in [4.69, 9.17) is 0 Å². The van der Waals surface area contributed by atoms with Crippen molar-refractivity contribution in [3.05, 3.63) is 11.3 Å². The van der Waals surface area contributed by atoms with Crippen molar-refractivity contribution in [1.29, 1.82) is 0 Å². The molecule has 68 valence electrons. The minimum atomic E-state index is 0.536. The molecule has 0 amide bonds. The Balaban J connectivity index is 1.97. The van der Waals surface area contributed by atoms with Crippen LogP contribution in [-0.2, 0) is 0 Å². The highest BCUT2D eigenvalue weighted by atomic mass is 16.3. The van der Waals surface area contributed by atoms with Gasteiger partial charge in [0.05, 0.1) is 5.76 Å². The predicted octanol–water partition coefficient (Wildman–Crippen LogP) is 3.56. The summed E-state index contributed by atoms with van der Waals surface area (Å²) in [6.45, 7) is 0. The van der Waals surface area contributed by atoms with E-state index in [1.54, 1.807) is 0 Å². The summed E-state index contributed by atoms with van der Waals surface area (Å²) in [5.74, 6) is 1.31. The molecule has 0 saturated heterocycles. The van der Waals surface area contributed by atoms with E-state index in [-0.39, 0.29) is 0 Å². The van der Waals surface area contributed by atoms with Gasteiger partial charge in [0.15, 0.2) is 0 Å². The van der Waals surface area contributed by atoms with Crippen LogP contribution in [0.25, 0.3) is 0 Å². The minimum absolute atomic E-state index is 0.536. The first-order chi connectivity index (χ1) is 5.88. The molecule has 0 aromatic carbocycles. The van der Waals surface area contributed by atoms with Crippen molar-refractivity contribution in [1.82, 2.24) is 0 Å². The van der Waals surface area contributed by atoms with E-state index >= 15 is 0 Å². The van der Waals surface area contributed by atoms with Gasteiger partial charge < -0.3 is 5.11 Å². The Kier molecular flexibility index (Phi) is 2.38. The normalized spacial score (nSPS) is 25.2. The fourth-order valence-electron chi connectivity index (χ4n) is 2.27. The summed E-state index contributed by atoms with van der Waals surface area (Å²) in [6.07, 6.45) is 10.1. The molecule has 0 aliphatic heterocycles. The van der Waals surface area contributed by atoms with E-state index in [0.29, 0.717) is 5.92 Å². The third-order valence-corrected chi connectivity index (χ3v) is 3.31. The molecule has 2 rings (SSSR count). The fraction of sp³-hybridized carbons (Fsp3) is 0.818. The second-order valence-electron chi connectivity index (χ2n) is 4.18. The van der Waals surface area contributed by atoms with Gasteiger partial charge >= 0.3 is 0 Å². The first kappa shape index (κ1) is 8.15. The Bertz CT molecular complexity index is 181. The average molecular weight is 166 g/mol. The van der Waals surface area contributed by atoms with Gasteiger partial charge in [-0.05, 0) is 37.7 Å². The van der Waals surface area contributed by atoms with Crippen molar-refractivity contribution in [2.24, 2.45) is 5.92 Å². The molecule has 0 atom stereocenters. The first-order valence-electron chi connectivity index (χ1n) is 5.29. The van der Waals surface area contributed by atoms with E-state index in [1.165, 1.54) is 56.9 Å². The molecule has 12 heavy (non-hydrogen) atoms. The summed E-state index contributed by atoms with van der Waals surface area (Å²) in [5.41, 5.74) is 1.36. The first-order valence-corrected chi connectivity index (χ1v) is 5.29. The highest BCUT2D eigenvalue weighted by Gasteiger charge is 2.22. The van der Waals surface area contributed by atoms with Gasteiger partial charge in [0, 0.05) is 5.92 Å². The van der Waals surface area contributed by atoms with Gasteiger partial charge in [0.25, 0.3) is 0 Å². The summed E-state index contributed by atoms with van der Waals surface area (Å²) in [6, 6.07) is 0. The Morgan fingerprint density at radius 2 is 1.67 bits per heavy atom. The molecule has 2 aliphatic carbocycles. The van der Waals surface area contributed by atoms with Gasteiger partial charge in [-0.3, -0.25) is 0 Å². The van der Waals surface area contributed by atoms with Crippen LogP contribution < -0.4 is 0 Å². The number of hydrogen-bond donors (Lipinski definition) is 1. The van der Waals surface area contributed by atoms with E-state index in [2.05, 4.69) is 0 Å². The average Bonchev–Trinajstić information content (AvgIpc) is 2.03. The van der Waals surface area contributed by atoms with Gasteiger partial charge in [-0.25, -0.2) is 0 Å². The Morgan fingerprint density at radius 3 is 2.17 bits per heavy atom. The van der Waals surface area contributed by atoms with Crippen molar-refractivity contribution in [3.8, 4) is 0 Å². The lowest BCUT2D eigenvalue weighted by molar-refractivity contribution is 0.262. The van der Waals surface area contributed by atoms with Crippen molar-refractivity contribution >= 4 is 0 Å². The predicted molar refractivity (Wildman–Crippen MR) is 50.1 cm³/mol. The molecule has 0 heterocycles. The van der Waals surface area contributed by atoms with Crippen LogP contribution in [0.4, 0.5) is 0 Å². The molecule has 2 fully saturated rings. The molecule has 0 radical (unpaired) electrons. The molecule has 1 N–H and O–H groups in total. The monoisotopic (exact) mass is 166 g/mol. The Morgan fingerprint density at radius 1 is 1.00 bits per heavy atom. The Labute approximate surface area is 74.5 Å². The lowest BCUT2D eigenvalue weighted by atomic mass is 9.81. The highest BCUT2D eigenvalue weighted by Crippen LogP contribution is 2.36. The summed E-state index contributed by atoms with van der Waals surface area (Å²) in [4.78, 5) is 0. The maximum absolute atomic E-state index is 9.87. The van der Waals surface area contributed by atoms with Crippen LogP contribution in [0, 0.1) is 5.92 Å². The van der Waals surface area contributed by atoms with Gasteiger partial charge in [-0.2, -0.15) is 0 Å². The SMILES string of the molecule is OC(=C1CCC1)C1CCCCC1. The number of hydrogen-bond acceptors (Lipinski definition) is 1. The van der Waals surface area contributed by atoms with Crippen molar-refractivity contribution < 1.29 is 5.11 Å². The van der Waals surface area contributed by atoms with E-state index in [9.17, 15) is 5.11 Å². The van der Waals surface area contributed by atoms with Crippen LogP contribution >= 0.6 is 0 Å². The van der Waals surface area contributed by atoms with Crippen LogP contribution in [0.5, 0.6) is 0 Å². The number of rotatable bonds is 1. The smallest absolute Gasteiger partial charge is 0.0945 e. The van der Waals surface area contributed by atoms with Crippen LogP contribution in [0.15, 0.2) is 11.3 Å². The lowest BCUT2D eigenvalue weighted by Crippen LogP contribution is -2.13. The van der Waals surface area contributed by atoms with Crippen molar-refractivity contribution in [3.63, 3.8) is 0 Å². The van der Waals surface area contributed by atoms with Crippen LogP contribution in [-0.4, -0.2) is 5.11 Å². The molecule has 2 saturated carbocycles. The Hall–Kier alpha value is -0.460. The fourth-order valence-corrected chi connectivity index (χ4v) is 2.27. The summed E-state index contributed by atoms with van der Waals surface area (Å²) in [5, 5.41) is 9.87. The topological polar surface area (TPSA) is 20.2 Å². The standard InChI is InChI=1S/C11H18O/c12-11(10-7-4-8-10)9-5-2-1-3-6-9/h9,12H,1-8H2. The van der Waals surface area contributed by atoms with Gasteiger partial charge in [-0.1, -0.05) is 19.3 Å². The second kappa shape index (κ2) is 3.51. The van der Waals surface area contributed by atoms with Gasteiger partial charge in [0.2, 0.25) is 0 Å². The number of allylic oxidation sites excluding steroid dienone is 2. The lowest BCUT2D eigenvalue weighted by Gasteiger charge is -2.26. The van der Waals surface area contributed by atoms with Crippen molar-refractivity contribution in [2.45, 2.75) is 51.4 Å². The van der Waals surface area contributed by atoms with Gasteiger partial charge in [-0.15, -0.1) is 0 Å². The summed E-state index contributed by atoms with van der Waals surface area (Å²) < 4.78 is 0. The maximum Gasteiger partial charge on any atom is 0.0945 e. The third kappa shape index (κ3) is 1.50. The van der Waals surface area contributed by atoms with Crippen molar-refractivity contribution in [2.75, 3.05) is 0 Å². The molecule has 0 aromatic rings. The molecular formula is C11H18O. The molecule has 0 unspecified atom stereocenters. The maximum atomic E-state index is 9.87. The molecule has 2 aliphatic rings.